The zero-order valence-corrected chi connectivity index (χ0v) is 14.3. The molecule has 1 atom stereocenters. The van der Waals surface area contributed by atoms with Gasteiger partial charge in [-0.15, -0.1) is 0 Å². The van der Waals surface area contributed by atoms with E-state index in [-0.39, 0.29) is 24.4 Å². The van der Waals surface area contributed by atoms with Crippen LogP contribution in [0.15, 0.2) is 18.2 Å². The minimum atomic E-state index is -0.0388. The van der Waals surface area contributed by atoms with Crippen LogP contribution in [0, 0.1) is 13.8 Å². The van der Waals surface area contributed by atoms with Gasteiger partial charge in [-0.2, -0.15) is 0 Å². The zero-order chi connectivity index (χ0) is 17.0. The molecule has 1 aliphatic rings. The zero-order valence-electron chi connectivity index (χ0n) is 14.3. The molecule has 126 valence electrons. The fraction of sp³-hybridized carbons (Fsp3) is 0.529. The van der Waals surface area contributed by atoms with Crippen molar-refractivity contribution in [3.05, 3.63) is 29.3 Å². The number of rotatable bonds is 6. The molecular weight excluding hydrogens is 294 g/mol. The van der Waals surface area contributed by atoms with Crippen LogP contribution >= 0.6 is 0 Å². The summed E-state index contributed by atoms with van der Waals surface area (Å²) < 4.78 is 5.72. The van der Waals surface area contributed by atoms with Gasteiger partial charge in [0.25, 0.3) is 0 Å². The van der Waals surface area contributed by atoms with E-state index >= 15 is 0 Å². The number of benzene rings is 1. The van der Waals surface area contributed by atoms with E-state index in [9.17, 15) is 9.59 Å². The number of hydrogen-bond donors (Lipinski definition) is 1. The average Bonchev–Trinajstić information content (AvgIpc) is 2.75. The maximum Gasteiger partial charge on any atom is 0.238 e. The summed E-state index contributed by atoms with van der Waals surface area (Å²) in [6, 6.07) is 6.10. The summed E-state index contributed by atoms with van der Waals surface area (Å²) in [4.78, 5) is 25.1. The summed E-state index contributed by atoms with van der Waals surface area (Å²) in [5.41, 5.74) is 5.01. The van der Waals surface area contributed by atoms with Gasteiger partial charge in [-0.1, -0.05) is 6.07 Å². The number of aryl methyl sites for hydroxylation is 2. The van der Waals surface area contributed by atoms with Gasteiger partial charge in [-0.3, -0.25) is 15.0 Å². The molecule has 1 saturated heterocycles. The molecule has 0 saturated carbocycles. The SMILES string of the molecule is Cc1cc(C)cc(OCCN(C)C(=O)CN2NC(=O)C[C@H]2C)c1. The Bertz CT molecular complexity index is 568. The Morgan fingerprint density at radius 3 is 2.57 bits per heavy atom. The van der Waals surface area contributed by atoms with Crippen molar-refractivity contribution in [2.75, 3.05) is 26.7 Å². The molecule has 2 amide bonds. The molecule has 0 unspecified atom stereocenters. The van der Waals surface area contributed by atoms with E-state index in [0.717, 1.165) is 16.9 Å². The number of carbonyl (C=O) groups excluding carboxylic acids is 2. The summed E-state index contributed by atoms with van der Waals surface area (Å²) in [5.74, 6) is 0.748. The number of nitrogens with one attached hydrogen (secondary N) is 1. The number of nitrogens with zero attached hydrogens (tertiary/aromatic N) is 2. The number of hydrazine groups is 1. The maximum absolute atomic E-state index is 12.2. The van der Waals surface area contributed by atoms with Crippen LogP contribution in [-0.2, 0) is 9.59 Å². The molecule has 1 aliphatic heterocycles. The highest BCUT2D eigenvalue weighted by Crippen LogP contribution is 2.16. The molecule has 0 spiro atoms. The van der Waals surface area contributed by atoms with Gasteiger partial charge in [-0.25, -0.2) is 5.01 Å². The van der Waals surface area contributed by atoms with Gasteiger partial charge in [-0.05, 0) is 44.0 Å². The monoisotopic (exact) mass is 319 g/mol. The quantitative estimate of drug-likeness (QED) is 0.858. The predicted molar refractivity (Wildman–Crippen MR) is 88.0 cm³/mol. The van der Waals surface area contributed by atoms with Crippen LogP contribution in [0.25, 0.3) is 0 Å². The van der Waals surface area contributed by atoms with E-state index in [1.165, 1.54) is 0 Å². The smallest absolute Gasteiger partial charge is 0.238 e. The highest BCUT2D eigenvalue weighted by molar-refractivity contribution is 5.81. The normalized spacial score (nSPS) is 17.9. The first-order chi connectivity index (χ1) is 10.8. The van der Waals surface area contributed by atoms with Crippen molar-refractivity contribution in [3.8, 4) is 5.75 Å². The lowest BCUT2D eigenvalue weighted by molar-refractivity contribution is -0.132. The molecule has 6 nitrogen and oxygen atoms in total. The first kappa shape index (κ1) is 17.3. The molecule has 1 N–H and O–H groups in total. The second-order valence-electron chi connectivity index (χ2n) is 6.20. The van der Waals surface area contributed by atoms with Gasteiger partial charge in [0, 0.05) is 19.5 Å². The fourth-order valence-corrected chi connectivity index (χ4v) is 2.60. The van der Waals surface area contributed by atoms with Gasteiger partial charge in [0.05, 0.1) is 13.1 Å². The molecular formula is C17H25N3O3. The first-order valence-electron chi connectivity index (χ1n) is 7.86. The molecule has 2 rings (SSSR count). The van der Waals surface area contributed by atoms with Gasteiger partial charge >= 0.3 is 0 Å². The molecule has 0 bridgehead atoms. The van der Waals surface area contributed by atoms with Crippen LogP contribution in [0.3, 0.4) is 0 Å². The van der Waals surface area contributed by atoms with Crippen molar-refractivity contribution in [1.29, 1.82) is 0 Å². The Morgan fingerprint density at radius 1 is 1.35 bits per heavy atom. The van der Waals surface area contributed by atoms with Gasteiger partial charge in [0.1, 0.15) is 12.4 Å². The number of amides is 2. The Balaban J connectivity index is 1.76. The van der Waals surface area contributed by atoms with Crippen LogP contribution in [0.2, 0.25) is 0 Å². The van der Waals surface area contributed by atoms with Crippen molar-refractivity contribution < 1.29 is 14.3 Å². The molecule has 0 aliphatic carbocycles. The second kappa shape index (κ2) is 7.46. The molecule has 23 heavy (non-hydrogen) atoms. The minimum Gasteiger partial charge on any atom is -0.492 e. The Labute approximate surface area is 137 Å². The summed E-state index contributed by atoms with van der Waals surface area (Å²) >= 11 is 0. The molecule has 1 aromatic rings. The molecule has 0 radical (unpaired) electrons. The minimum absolute atomic E-state index is 0.0360. The van der Waals surface area contributed by atoms with Crippen molar-refractivity contribution in [1.82, 2.24) is 15.3 Å². The first-order valence-corrected chi connectivity index (χ1v) is 7.86. The van der Waals surface area contributed by atoms with Crippen LogP contribution in [-0.4, -0.2) is 54.5 Å². The van der Waals surface area contributed by atoms with Crippen molar-refractivity contribution in [3.63, 3.8) is 0 Å². The highest BCUT2D eigenvalue weighted by Gasteiger charge is 2.28. The summed E-state index contributed by atoms with van der Waals surface area (Å²) in [6.07, 6.45) is 0.437. The number of hydrogen-bond acceptors (Lipinski definition) is 4. The van der Waals surface area contributed by atoms with Crippen molar-refractivity contribution in [2.45, 2.75) is 33.2 Å². The van der Waals surface area contributed by atoms with Crippen molar-refractivity contribution >= 4 is 11.8 Å². The molecule has 1 fully saturated rings. The van der Waals surface area contributed by atoms with Crippen LogP contribution in [0.5, 0.6) is 5.75 Å². The lowest BCUT2D eigenvalue weighted by atomic mass is 10.1. The van der Waals surface area contributed by atoms with E-state index in [4.69, 9.17) is 4.74 Å². The van der Waals surface area contributed by atoms with E-state index in [1.807, 2.05) is 32.9 Å². The van der Waals surface area contributed by atoms with E-state index in [0.29, 0.717) is 19.6 Å². The number of carbonyl (C=O) groups is 2. The third kappa shape index (κ3) is 4.96. The third-order valence-electron chi connectivity index (χ3n) is 3.90. The molecule has 1 aromatic carbocycles. The lowest BCUT2D eigenvalue weighted by Gasteiger charge is -2.23. The Hall–Kier alpha value is -2.08. The second-order valence-corrected chi connectivity index (χ2v) is 6.20. The largest absolute Gasteiger partial charge is 0.492 e. The van der Waals surface area contributed by atoms with Gasteiger partial charge in [0.2, 0.25) is 11.8 Å². The fourth-order valence-electron chi connectivity index (χ4n) is 2.60. The lowest BCUT2D eigenvalue weighted by Crippen LogP contribution is -2.45. The van der Waals surface area contributed by atoms with Crippen LogP contribution < -0.4 is 10.2 Å². The van der Waals surface area contributed by atoms with Crippen molar-refractivity contribution in [2.24, 2.45) is 0 Å². The van der Waals surface area contributed by atoms with Gasteiger partial charge < -0.3 is 9.64 Å². The topological polar surface area (TPSA) is 61.9 Å². The highest BCUT2D eigenvalue weighted by atomic mass is 16.5. The number of ether oxygens (including phenoxy) is 1. The standard InChI is InChI=1S/C17H25N3O3/c1-12-7-13(2)9-15(8-12)23-6-5-19(4)17(22)11-20-14(3)10-16(21)18-20/h7-9,14H,5-6,10-11H2,1-4H3,(H,18,21)/t14-/m1/s1. The van der Waals surface area contributed by atoms with Crippen LogP contribution in [0.1, 0.15) is 24.5 Å². The van der Waals surface area contributed by atoms with Gasteiger partial charge in [0.15, 0.2) is 0 Å². The van der Waals surface area contributed by atoms with Crippen LogP contribution in [0.4, 0.5) is 0 Å². The Morgan fingerprint density at radius 2 is 2.00 bits per heavy atom. The summed E-state index contributed by atoms with van der Waals surface area (Å²) in [7, 11) is 1.75. The average molecular weight is 319 g/mol. The predicted octanol–water partition coefficient (Wildman–Crippen LogP) is 1.27. The number of likely N-dealkylation sites (N-methyl/N-ethyl adjacent to an activating group) is 1. The molecule has 0 aromatic heterocycles. The summed E-state index contributed by atoms with van der Waals surface area (Å²) in [5, 5.41) is 1.69. The van der Waals surface area contributed by atoms with E-state index in [1.54, 1.807) is 17.0 Å². The van der Waals surface area contributed by atoms with E-state index < -0.39 is 0 Å². The van der Waals surface area contributed by atoms with E-state index in [2.05, 4.69) is 11.5 Å². The summed E-state index contributed by atoms with van der Waals surface area (Å²) in [6.45, 7) is 7.11. The maximum atomic E-state index is 12.2. The Kier molecular flexibility index (Phi) is 5.60. The third-order valence-corrected chi connectivity index (χ3v) is 3.90. The molecule has 6 heteroatoms. The molecule has 1 heterocycles.